The molecule has 0 atom stereocenters. The van der Waals surface area contributed by atoms with E-state index in [0.717, 1.165) is 0 Å². The first-order valence-electron chi connectivity index (χ1n) is 10.4. The van der Waals surface area contributed by atoms with E-state index in [1.165, 1.54) is 0 Å². The lowest BCUT2D eigenvalue weighted by Crippen LogP contribution is -2.33. The predicted octanol–water partition coefficient (Wildman–Crippen LogP) is 3.86. The van der Waals surface area contributed by atoms with E-state index >= 15 is 0 Å². The average molecular weight is 440 g/mol. The standard InChI is InChI=1S/C22H37N3O6/c1-21(2,3)30-19(26)24-11-7-13-28-17-10-9-16(23)15-18(17)29-14-8-12-25-20(27)31-22(4,5)6/h9-10,15H,7-8,11-14,23H2,1-6H3,(H,24,26)(H,25,27). The highest BCUT2D eigenvalue weighted by atomic mass is 16.6. The quantitative estimate of drug-likeness (QED) is 0.374. The molecule has 9 nitrogen and oxygen atoms in total. The van der Waals surface area contributed by atoms with Gasteiger partial charge in [0.2, 0.25) is 0 Å². The summed E-state index contributed by atoms with van der Waals surface area (Å²) < 4.78 is 21.9. The summed E-state index contributed by atoms with van der Waals surface area (Å²) in [7, 11) is 0. The number of nitrogen functional groups attached to an aromatic ring is 1. The molecule has 0 heterocycles. The fourth-order valence-electron chi connectivity index (χ4n) is 2.27. The lowest BCUT2D eigenvalue weighted by Gasteiger charge is -2.20. The van der Waals surface area contributed by atoms with Crippen LogP contribution in [0.3, 0.4) is 0 Å². The minimum atomic E-state index is -0.531. The van der Waals surface area contributed by atoms with Gasteiger partial charge in [0.05, 0.1) is 13.2 Å². The number of benzene rings is 1. The fraction of sp³-hybridized carbons (Fsp3) is 0.636. The molecule has 0 unspecified atom stereocenters. The number of ether oxygens (including phenoxy) is 4. The molecule has 1 rings (SSSR count). The van der Waals surface area contributed by atoms with Crippen molar-refractivity contribution in [2.24, 2.45) is 0 Å². The van der Waals surface area contributed by atoms with Gasteiger partial charge in [-0.05, 0) is 66.5 Å². The molecule has 0 fully saturated rings. The van der Waals surface area contributed by atoms with Crippen molar-refractivity contribution in [2.75, 3.05) is 32.0 Å². The summed E-state index contributed by atoms with van der Waals surface area (Å²) in [6.45, 7) is 12.5. The van der Waals surface area contributed by atoms with Crippen LogP contribution in [0.4, 0.5) is 15.3 Å². The number of rotatable bonds is 10. The molecule has 4 N–H and O–H groups in total. The van der Waals surface area contributed by atoms with Gasteiger partial charge in [-0.3, -0.25) is 0 Å². The number of nitrogens with one attached hydrogen (secondary N) is 2. The fourth-order valence-corrected chi connectivity index (χ4v) is 2.27. The number of anilines is 1. The summed E-state index contributed by atoms with van der Waals surface area (Å²) in [6.07, 6.45) is 0.278. The zero-order chi connectivity index (χ0) is 23.5. The molecule has 0 aliphatic carbocycles. The van der Waals surface area contributed by atoms with Crippen molar-refractivity contribution in [3.05, 3.63) is 18.2 Å². The number of hydrogen-bond donors (Lipinski definition) is 3. The molecule has 31 heavy (non-hydrogen) atoms. The Hall–Kier alpha value is -2.84. The molecule has 0 saturated carbocycles. The smallest absolute Gasteiger partial charge is 0.407 e. The van der Waals surface area contributed by atoms with Crippen LogP contribution in [0.5, 0.6) is 11.5 Å². The Kier molecular flexibility index (Phi) is 10.2. The van der Waals surface area contributed by atoms with Gasteiger partial charge in [-0.15, -0.1) is 0 Å². The van der Waals surface area contributed by atoms with Crippen LogP contribution in [0, 0.1) is 0 Å². The molecule has 0 aromatic heterocycles. The normalized spacial score (nSPS) is 11.4. The number of carbonyl (C=O) groups is 2. The van der Waals surface area contributed by atoms with Crippen molar-refractivity contribution in [1.29, 1.82) is 0 Å². The Morgan fingerprint density at radius 3 is 1.71 bits per heavy atom. The molecule has 0 bridgehead atoms. The second kappa shape index (κ2) is 12.1. The van der Waals surface area contributed by atoms with Gasteiger partial charge in [-0.1, -0.05) is 0 Å². The SMILES string of the molecule is CC(C)(C)OC(=O)NCCCOc1ccc(N)cc1OCCCNC(=O)OC(C)(C)C. The van der Waals surface area contributed by atoms with Crippen molar-refractivity contribution in [1.82, 2.24) is 10.6 Å². The minimum Gasteiger partial charge on any atom is -0.490 e. The summed E-state index contributed by atoms with van der Waals surface area (Å²) >= 11 is 0. The molecule has 0 radical (unpaired) electrons. The Morgan fingerprint density at radius 2 is 1.26 bits per heavy atom. The summed E-state index contributed by atoms with van der Waals surface area (Å²) in [5.74, 6) is 1.09. The third-order valence-electron chi connectivity index (χ3n) is 3.46. The monoisotopic (exact) mass is 439 g/mol. The maximum atomic E-state index is 11.6. The third kappa shape index (κ3) is 13.1. The number of hydrogen-bond acceptors (Lipinski definition) is 7. The van der Waals surface area contributed by atoms with Crippen LogP contribution in [0.15, 0.2) is 18.2 Å². The van der Waals surface area contributed by atoms with E-state index in [1.54, 1.807) is 18.2 Å². The summed E-state index contributed by atoms with van der Waals surface area (Å²) in [5, 5.41) is 5.36. The van der Waals surface area contributed by atoms with E-state index in [0.29, 0.717) is 56.3 Å². The molecule has 2 amide bonds. The minimum absolute atomic E-state index is 0.371. The number of nitrogens with two attached hydrogens (primary N) is 1. The van der Waals surface area contributed by atoms with E-state index in [-0.39, 0.29) is 0 Å². The van der Waals surface area contributed by atoms with Gasteiger partial charge in [0.1, 0.15) is 11.2 Å². The van der Waals surface area contributed by atoms with Gasteiger partial charge >= 0.3 is 12.2 Å². The largest absolute Gasteiger partial charge is 0.490 e. The molecule has 176 valence electrons. The van der Waals surface area contributed by atoms with Gasteiger partial charge in [-0.2, -0.15) is 0 Å². The van der Waals surface area contributed by atoms with Gasteiger partial charge in [0.15, 0.2) is 11.5 Å². The van der Waals surface area contributed by atoms with Gasteiger partial charge in [-0.25, -0.2) is 9.59 Å². The molecular weight excluding hydrogens is 402 g/mol. The highest BCUT2D eigenvalue weighted by molar-refractivity contribution is 5.67. The second-order valence-corrected chi connectivity index (χ2v) is 8.97. The Labute approximate surface area is 184 Å². The zero-order valence-corrected chi connectivity index (χ0v) is 19.5. The van der Waals surface area contributed by atoms with Crippen molar-refractivity contribution >= 4 is 17.9 Å². The maximum Gasteiger partial charge on any atom is 0.407 e. The van der Waals surface area contributed by atoms with Crippen LogP contribution < -0.4 is 25.8 Å². The molecule has 0 aliphatic heterocycles. The van der Waals surface area contributed by atoms with Gasteiger partial charge in [0.25, 0.3) is 0 Å². The summed E-state index contributed by atoms with van der Waals surface area (Å²) in [6, 6.07) is 5.16. The van der Waals surface area contributed by atoms with Crippen LogP contribution in [0.2, 0.25) is 0 Å². The maximum absolute atomic E-state index is 11.6. The van der Waals surface area contributed by atoms with E-state index in [1.807, 2.05) is 41.5 Å². The second-order valence-electron chi connectivity index (χ2n) is 8.97. The van der Waals surface area contributed by atoms with Crippen LogP contribution in [-0.4, -0.2) is 49.7 Å². The Morgan fingerprint density at radius 1 is 0.806 bits per heavy atom. The molecular formula is C22H37N3O6. The van der Waals surface area contributed by atoms with Gasteiger partial charge < -0.3 is 35.3 Å². The van der Waals surface area contributed by atoms with Crippen molar-refractivity contribution < 1.29 is 28.5 Å². The number of carbonyl (C=O) groups excluding carboxylic acids is 2. The van der Waals surface area contributed by atoms with E-state index in [4.69, 9.17) is 24.7 Å². The molecule has 1 aromatic carbocycles. The first-order chi connectivity index (χ1) is 14.4. The molecule has 0 spiro atoms. The average Bonchev–Trinajstić information content (AvgIpc) is 2.59. The Balaban J connectivity index is 2.34. The topological polar surface area (TPSA) is 121 Å². The number of amides is 2. The third-order valence-corrected chi connectivity index (χ3v) is 3.46. The highest BCUT2D eigenvalue weighted by Gasteiger charge is 2.16. The van der Waals surface area contributed by atoms with Gasteiger partial charge in [0, 0.05) is 24.8 Å². The predicted molar refractivity (Wildman–Crippen MR) is 120 cm³/mol. The highest BCUT2D eigenvalue weighted by Crippen LogP contribution is 2.29. The van der Waals surface area contributed by atoms with Crippen molar-refractivity contribution in [2.45, 2.75) is 65.6 Å². The Bertz CT molecular complexity index is 710. The van der Waals surface area contributed by atoms with Crippen LogP contribution in [0.25, 0.3) is 0 Å². The first kappa shape index (κ1) is 26.2. The molecule has 1 aromatic rings. The lowest BCUT2D eigenvalue weighted by atomic mass is 10.2. The van der Waals surface area contributed by atoms with Crippen LogP contribution in [0.1, 0.15) is 54.4 Å². The van der Waals surface area contributed by atoms with Crippen molar-refractivity contribution in [3.63, 3.8) is 0 Å². The molecule has 0 aliphatic rings. The summed E-state index contributed by atoms with van der Waals surface area (Å²) in [5.41, 5.74) is 5.34. The van der Waals surface area contributed by atoms with E-state index in [2.05, 4.69) is 10.6 Å². The summed E-state index contributed by atoms with van der Waals surface area (Å²) in [4.78, 5) is 23.3. The number of alkyl carbamates (subject to hydrolysis) is 2. The van der Waals surface area contributed by atoms with E-state index < -0.39 is 23.4 Å². The lowest BCUT2D eigenvalue weighted by molar-refractivity contribution is 0.0513. The van der Waals surface area contributed by atoms with E-state index in [9.17, 15) is 9.59 Å². The first-order valence-corrected chi connectivity index (χ1v) is 10.4. The van der Waals surface area contributed by atoms with Crippen molar-refractivity contribution in [3.8, 4) is 11.5 Å². The zero-order valence-electron chi connectivity index (χ0n) is 19.5. The molecule has 9 heteroatoms. The van der Waals surface area contributed by atoms with Crippen LogP contribution in [-0.2, 0) is 9.47 Å². The van der Waals surface area contributed by atoms with Crippen LogP contribution >= 0.6 is 0 Å². The molecule has 0 saturated heterocycles.